The summed E-state index contributed by atoms with van der Waals surface area (Å²) in [5, 5.41) is 7.72. The molecule has 3 heteroatoms. The minimum absolute atomic E-state index is 0.337. The predicted molar refractivity (Wildman–Crippen MR) is 68.6 cm³/mol. The minimum Gasteiger partial charge on any atom is -0.319 e. The van der Waals surface area contributed by atoms with Crippen LogP contribution < -0.4 is 5.32 Å². The molecule has 0 radical (unpaired) electrons. The fourth-order valence-corrected chi connectivity index (χ4v) is 2.54. The zero-order chi connectivity index (χ0) is 12.2. The van der Waals surface area contributed by atoms with Crippen molar-refractivity contribution in [2.45, 2.75) is 40.0 Å². The van der Waals surface area contributed by atoms with Gasteiger partial charge >= 0.3 is 0 Å². The van der Waals surface area contributed by atoms with Crippen LogP contribution in [0.4, 0.5) is 0 Å². The van der Waals surface area contributed by atoms with Gasteiger partial charge in [0.05, 0.1) is 5.69 Å². The smallest absolute Gasteiger partial charge is 0.0596 e. The summed E-state index contributed by atoms with van der Waals surface area (Å²) in [6.45, 7) is 7.72. The first-order valence-electron chi connectivity index (χ1n) is 6.15. The molecule has 0 spiro atoms. The van der Waals surface area contributed by atoms with Gasteiger partial charge in [0, 0.05) is 19.3 Å². The van der Waals surface area contributed by atoms with Crippen molar-refractivity contribution in [3.8, 4) is 0 Å². The number of nitrogens with one attached hydrogen (secondary N) is 1. The third-order valence-corrected chi connectivity index (χ3v) is 3.16. The Morgan fingerprint density at radius 2 is 2.19 bits per heavy atom. The Balaban J connectivity index is 2.78. The zero-order valence-corrected chi connectivity index (χ0v) is 11.3. The van der Waals surface area contributed by atoms with Crippen molar-refractivity contribution in [1.82, 2.24) is 15.1 Å². The van der Waals surface area contributed by atoms with Crippen LogP contribution in [0, 0.1) is 12.3 Å². The molecule has 1 N–H and O–H groups in total. The highest BCUT2D eigenvalue weighted by Crippen LogP contribution is 2.27. The summed E-state index contributed by atoms with van der Waals surface area (Å²) >= 11 is 0. The Morgan fingerprint density at radius 1 is 1.50 bits per heavy atom. The largest absolute Gasteiger partial charge is 0.319 e. The summed E-state index contributed by atoms with van der Waals surface area (Å²) in [7, 11) is 4.07. The summed E-state index contributed by atoms with van der Waals surface area (Å²) in [5.74, 6) is 0. The number of nitrogens with zero attached hydrogens (tertiary/aromatic N) is 2. The van der Waals surface area contributed by atoms with E-state index in [1.54, 1.807) is 0 Å². The zero-order valence-electron chi connectivity index (χ0n) is 11.3. The summed E-state index contributed by atoms with van der Waals surface area (Å²) in [6.07, 6.45) is 3.58. The molecule has 3 nitrogen and oxygen atoms in total. The molecule has 16 heavy (non-hydrogen) atoms. The van der Waals surface area contributed by atoms with E-state index in [9.17, 15) is 0 Å². The minimum atomic E-state index is 0.337. The third kappa shape index (κ3) is 3.34. The van der Waals surface area contributed by atoms with Gasteiger partial charge in [-0.05, 0) is 38.3 Å². The monoisotopic (exact) mass is 223 g/mol. The number of rotatable bonds is 6. The number of aryl methyl sites for hydroxylation is 2. The van der Waals surface area contributed by atoms with E-state index in [0.717, 1.165) is 18.7 Å². The number of hydrogen-bond acceptors (Lipinski definition) is 2. The van der Waals surface area contributed by atoms with Crippen molar-refractivity contribution < 1.29 is 0 Å². The molecular weight excluding hydrogens is 198 g/mol. The van der Waals surface area contributed by atoms with Gasteiger partial charge in [0.25, 0.3) is 0 Å². The van der Waals surface area contributed by atoms with Crippen LogP contribution in [0.25, 0.3) is 0 Å². The Kier molecular flexibility index (Phi) is 4.54. The van der Waals surface area contributed by atoms with Crippen molar-refractivity contribution in [2.75, 3.05) is 13.6 Å². The SMILES string of the molecule is CCCC(C)(CNC)Cc1cc(C)nn1C. The van der Waals surface area contributed by atoms with Crippen molar-refractivity contribution in [3.05, 3.63) is 17.5 Å². The van der Waals surface area contributed by atoms with E-state index < -0.39 is 0 Å². The predicted octanol–water partition coefficient (Wildman–Crippen LogP) is 2.30. The summed E-state index contributed by atoms with van der Waals surface area (Å²) in [4.78, 5) is 0. The van der Waals surface area contributed by atoms with Crippen LogP contribution >= 0.6 is 0 Å². The van der Waals surface area contributed by atoms with E-state index in [-0.39, 0.29) is 0 Å². The van der Waals surface area contributed by atoms with E-state index in [0.29, 0.717) is 5.41 Å². The first-order chi connectivity index (χ1) is 7.50. The van der Waals surface area contributed by atoms with Crippen LogP contribution in [-0.4, -0.2) is 23.4 Å². The second-order valence-electron chi connectivity index (χ2n) is 5.17. The lowest BCUT2D eigenvalue weighted by atomic mass is 9.81. The maximum absolute atomic E-state index is 4.41. The molecule has 0 aliphatic heterocycles. The maximum atomic E-state index is 4.41. The van der Waals surface area contributed by atoms with Crippen LogP contribution in [0.5, 0.6) is 0 Å². The molecule has 0 saturated carbocycles. The maximum Gasteiger partial charge on any atom is 0.0596 e. The molecule has 0 bridgehead atoms. The molecule has 0 saturated heterocycles. The molecule has 0 aliphatic carbocycles. The molecule has 0 aliphatic rings. The Labute approximate surface area is 99.2 Å². The van der Waals surface area contributed by atoms with E-state index in [1.807, 2.05) is 18.8 Å². The van der Waals surface area contributed by atoms with Gasteiger partial charge in [0.2, 0.25) is 0 Å². The van der Waals surface area contributed by atoms with Crippen LogP contribution in [0.1, 0.15) is 38.1 Å². The molecule has 0 fully saturated rings. The van der Waals surface area contributed by atoms with Crippen LogP contribution in [0.3, 0.4) is 0 Å². The topological polar surface area (TPSA) is 29.9 Å². The number of hydrogen-bond donors (Lipinski definition) is 1. The lowest BCUT2D eigenvalue weighted by molar-refractivity contribution is 0.277. The average molecular weight is 223 g/mol. The van der Waals surface area contributed by atoms with Crippen molar-refractivity contribution in [3.63, 3.8) is 0 Å². The van der Waals surface area contributed by atoms with Crippen molar-refractivity contribution in [2.24, 2.45) is 12.5 Å². The Hall–Kier alpha value is -0.830. The Bertz CT molecular complexity index is 322. The molecule has 1 aromatic rings. The lowest BCUT2D eigenvalue weighted by Gasteiger charge is -2.29. The van der Waals surface area contributed by atoms with Gasteiger partial charge in [0.15, 0.2) is 0 Å². The molecule has 1 heterocycles. The van der Waals surface area contributed by atoms with E-state index in [2.05, 4.69) is 37.3 Å². The van der Waals surface area contributed by atoms with Gasteiger partial charge in [-0.25, -0.2) is 0 Å². The highest BCUT2D eigenvalue weighted by Gasteiger charge is 2.24. The van der Waals surface area contributed by atoms with Gasteiger partial charge in [0.1, 0.15) is 0 Å². The molecule has 1 rings (SSSR count). The van der Waals surface area contributed by atoms with E-state index in [4.69, 9.17) is 0 Å². The standard InChI is InChI=1S/C13H25N3/c1-6-7-13(3,10-14-4)9-12-8-11(2)15-16(12)5/h8,14H,6-7,9-10H2,1-5H3. The average Bonchev–Trinajstić information content (AvgIpc) is 2.45. The molecule has 1 aromatic heterocycles. The molecule has 92 valence electrons. The van der Waals surface area contributed by atoms with Crippen LogP contribution in [0.2, 0.25) is 0 Å². The normalized spacial score (nSPS) is 15.1. The van der Waals surface area contributed by atoms with Gasteiger partial charge in [-0.2, -0.15) is 5.10 Å². The molecule has 0 amide bonds. The molecule has 1 unspecified atom stereocenters. The van der Waals surface area contributed by atoms with Crippen molar-refractivity contribution in [1.29, 1.82) is 0 Å². The van der Waals surface area contributed by atoms with E-state index >= 15 is 0 Å². The quantitative estimate of drug-likeness (QED) is 0.802. The summed E-state index contributed by atoms with van der Waals surface area (Å²) < 4.78 is 2.01. The summed E-state index contributed by atoms with van der Waals surface area (Å²) in [6, 6.07) is 2.20. The van der Waals surface area contributed by atoms with Gasteiger partial charge in [-0.1, -0.05) is 20.3 Å². The second kappa shape index (κ2) is 5.48. The molecule has 0 aromatic carbocycles. The van der Waals surface area contributed by atoms with E-state index in [1.165, 1.54) is 18.5 Å². The van der Waals surface area contributed by atoms with Gasteiger partial charge in [-0.15, -0.1) is 0 Å². The first kappa shape index (κ1) is 13.2. The number of aromatic nitrogens is 2. The molecular formula is C13H25N3. The van der Waals surface area contributed by atoms with Crippen LogP contribution in [0.15, 0.2) is 6.07 Å². The van der Waals surface area contributed by atoms with Gasteiger partial charge in [-0.3, -0.25) is 4.68 Å². The fraction of sp³-hybridized carbons (Fsp3) is 0.769. The second-order valence-corrected chi connectivity index (χ2v) is 5.17. The molecule has 1 atom stereocenters. The van der Waals surface area contributed by atoms with Crippen molar-refractivity contribution >= 4 is 0 Å². The fourth-order valence-electron chi connectivity index (χ4n) is 2.54. The highest BCUT2D eigenvalue weighted by atomic mass is 15.3. The van der Waals surface area contributed by atoms with Crippen LogP contribution in [-0.2, 0) is 13.5 Å². The Morgan fingerprint density at radius 3 is 2.62 bits per heavy atom. The lowest BCUT2D eigenvalue weighted by Crippen LogP contribution is -2.32. The highest BCUT2D eigenvalue weighted by molar-refractivity contribution is 5.10. The first-order valence-corrected chi connectivity index (χ1v) is 6.15. The summed E-state index contributed by atoms with van der Waals surface area (Å²) in [5.41, 5.74) is 2.79. The van der Waals surface area contributed by atoms with Gasteiger partial charge < -0.3 is 5.32 Å². The third-order valence-electron chi connectivity index (χ3n) is 3.16.